The molecule has 176 valence electrons. The molecular weight excluding hydrogens is 442 g/mol. The van der Waals surface area contributed by atoms with Gasteiger partial charge in [0.05, 0.1) is 6.34 Å². The van der Waals surface area contributed by atoms with Crippen molar-refractivity contribution in [3.05, 3.63) is 46.9 Å². The van der Waals surface area contributed by atoms with E-state index in [-0.39, 0.29) is 23.6 Å². The molecule has 1 aromatic carbocycles. The summed E-state index contributed by atoms with van der Waals surface area (Å²) in [7, 11) is 0. The van der Waals surface area contributed by atoms with Gasteiger partial charge in [-0.3, -0.25) is 4.90 Å². The van der Waals surface area contributed by atoms with Crippen LogP contribution in [0, 0.1) is 0 Å². The lowest BCUT2D eigenvalue weighted by Gasteiger charge is -2.35. The molecule has 5 rings (SSSR count). The number of fused-ring (bicyclic) bond motifs is 3. The van der Waals surface area contributed by atoms with Gasteiger partial charge in [-0.2, -0.15) is 0 Å². The van der Waals surface area contributed by atoms with E-state index in [4.69, 9.17) is 22.1 Å². The van der Waals surface area contributed by atoms with E-state index in [1.165, 1.54) is 11.1 Å². The van der Waals surface area contributed by atoms with Crippen LogP contribution >= 0.6 is 11.6 Å². The second-order valence-electron chi connectivity index (χ2n) is 10.1. The summed E-state index contributed by atoms with van der Waals surface area (Å²) < 4.78 is 5.57. The summed E-state index contributed by atoms with van der Waals surface area (Å²) in [6.45, 7) is 8.92. The van der Waals surface area contributed by atoms with Crippen molar-refractivity contribution in [3.63, 3.8) is 0 Å². The number of halogens is 1. The van der Waals surface area contributed by atoms with Crippen LogP contribution in [0.25, 0.3) is 0 Å². The van der Waals surface area contributed by atoms with Crippen LogP contribution in [0.5, 0.6) is 0 Å². The van der Waals surface area contributed by atoms with Gasteiger partial charge in [-0.05, 0) is 49.9 Å². The smallest absolute Gasteiger partial charge is 0.410 e. The minimum Gasteiger partial charge on any atom is -0.444 e. The molecule has 2 saturated heterocycles. The Balaban J connectivity index is 1.15. The number of ether oxygens (including phenoxy) is 1. The molecule has 33 heavy (non-hydrogen) atoms. The van der Waals surface area contributed by atoms with E-state index < -0.39 is 5.60 Å². The molecule has 0 spiro atoms. The topological polar surface area (TPSA) is 98.8 Å². The molecule has 4 aliphatic heterocycles. The fourth-order valence-corrected chi connectivity index (χ4v) is 5.11. The third kappa shape index (κ3) is 4.52. The van der Waals surface area contributed by atoms with E-state index in [0.29, 0.717) is 24.1 Å². The number of aliphatic imine (C=N–C) groups is 2. The number of likely N-dealkylation sites (tertiary alicyclic amines) is 2. The Morgan fingerprint density at radius 1 is 1.18 bits per heavy atom. The van der Waals surface area contributed by atoms with E-state index in [0.717, 1.165) is 26.1 Å². The first-order valence-electron chi connectivity index (χ1n) is 11.3. The van der Waals surface area contributed by atoms with Crippen LogP contribution in [0.15, 0.2) is 45.8 Å². The summed E-state index contributed by atoms with van der Waals surface area (Å²) in [6.07, 6.45) is 2.41. The predicted molar refractivity (Wildman–Crippen MR) is 127 cm³/mol. The summed E-state index contributed by atoms with van der Waals surface area (Å²) in [5.74, 6) is 0.350. The van der Waals surface area contributed by atoms with E-state index in [9.17, 15) is 4.79 Å². The van der Waals surface area contributed by atoms with Crippen molar-refractivity contribution in [1.29, 1.82) is 0 Å². The Morgan fingerprint density at radius 2 is 1.88 bits per heavy atom. The zero-order chi connectivity index (χ0) is 23.3. The number of nitrogens with zero attached hydrogens (tertiary/aromatic N) is 5. The largest absolute Gasteiger partial charge is 0.444 e. The second kappa shape index (κ2) is 8.22. The maximum Gasteiger partial charge on any atom is 0.410 e. The van der Waals surface area contributed by atoms with Gasteiger partial charge in [0.1, 0.15) is 17.5 Å². The van der Waals surface area contributed by atoms with Gasteiger partial charge >= 0.3 is 6.09 Å². The van der Waals surface area contributed by atoms with Crippen LogP contribution in [0.3, 0.4) is 0 Å². The SMILES string of the molecule is CC(C)(C)OC(=O)N1C[C@@H]2C[C@H]1CN2Cc1ccc(CN2C=NC3=C(N)N=C(Cl)NC32)cc1. The fourth-order valence-electron chi connectivity index (χ4n) is 4.91. The number of piperazine rings is 1. The van der Waals surface area contributed by atoms with Crippen LogP contribution in [-0.4, -0.2) is 69.4 Å². The van der Waals surface area contributed by atoms with E-state index in [1.54, 1.807) is 6.34 Å². The molecule has 2 fully saturated rings. The van der Waals surface area contributed by atoms with Crippen LogP contribution in [0.2, 0.25) is 0 Å². The molecule has 3 atom stereocenters. The number of rotatable bonds is 4. The van der Waals surface area contributed by atoms with Gasteiger partial charge in [0.25, 0.3) is 0 Å². The number of benzene rings is 1. The number of nitrogens with one attached hydrogen (secondary N) is 1. The molecule has 9 nitrogen and oxygen atoms in total. The van der Waals surface area contributed by atoms with Crippen molar-refractivity contribution in [2.45, 2.75) is 64.1 Å². The molecule has 1 unspecified atom stereocenters. The van der Waals surface area contributed by atoms with Gasteiger partial charge in [-0.15, -0.1) is 0 Å². The minimum absolute atomic E-state index is 0.191. The van der Waals surface area contributed by atoms with Gasteiger partial charge in [-0.25, -0.2) is 14.8 Å². The average Bonchev–Trinajstić information content (AvgIpc) is 3.43. The van der Waals surface area contributed by atoms with Crippen LogP contribution in [0.1, 0.15) is 38.3 Å². The molecule has 0 aromatic heterocycles. The van der Waals surface area contributed by atoms with E-state index in [1.807, 2.05) is 25.7 Å². The highest BCUT2D eigenvalue weighted by atomic mass is 35.5. The predicted octanol–water partition coefficient (Wildman–Crippen LogP) is 2.38. The van der Waals surface area contributed by atoms with Crippen molar-refractivity contribution in [2.24, 2.45) is 15.7 Å². The van der Waals surface area contributed by atoms with Crippen molar-refractivity contribution in [1.82, 2.24) is 20.0 Å². The molecule has 0 aliphatic carbocycles. The minimum atomic E-state index is -0.460. The molecule has 3 N–H and O–H groups in total. The molecule has 10 heteroatoms. The maximum atomic E-state index is 12.5. The second-order valence-corrected chi connectivity index (χ2v) is 10.4. The molecule has 1 amide bonds. The Hall–Kier alpha value is -2.78. The van der Waals surface area contributed by atoms with Gasteiger partial charge in [0.2, 0.25) is 0 Å². The first-order chi connectivity index (χ1) is 15.7. The van der Waals surface area contributed by atoms with E-state index in [2.05, 4.69) is 49.4 Å². The number of carbonyl (C=O) groups is 1. The molecule has 1 aromatic rings. The summed E-state index contributed by atoms with van der Waals surface area (Å²) in [5.41, 5.74) is 8.61. The normalized spacial score (nSPS) is 26.5. The lowest BCUT2D eigenvalue weighted by Crippen LogP contribution is -2.49. The lowest BCUT2D eigenvalue weighted by molar-refractivity contribution is 0.0124. The molecule has 4 heterocycles. The quantitative estimate of drug-likeness (QED) is 0.654. The zero-order valence-corrected chi connectivity index (χ0v) is 19.9. The number of hydrogen-bond donors (Lipinski definition) is 2. The first kappa shape index (κ1) is 22.0. The zero-order valence-electron chi connectivity index (χ0n) is 19.2. The summed E-state index contributed by atoms with van der Waals surface area (Å²) in [5, 5.41) is 3.39. The maximum absolute atomic E-state index is 12.5. The fraction of sp³-hybridized carbons (Fsp3) is 0.522. The number of amidine groups is 1. The number of amides is 1. The van der Waals surface area contributed by atoms with Crippen molar-refractivity contribution in [2.75, 3.05) is 13.1 Å². The van der Waals surface area contributed by atoms with Crippen LogP contribution in [0.4, 0.5) is 4.79 Å². The van der Waals surface area contributed by atoms with Gasteiger partial charge in [-0.1, -0.05) is 24.3 Å². The Bertz CT molecular complexity index is 1030. The van der Waals surface area contributed by atoms with Crippen molar-refractivity contribution < 1.29 is 9.53 Å². The first-order valence-corrected chi connectivity index (χ1v) is 11.7. The van der Waals surface area contributed by atoms with Crippen LogP contribution < -0.4 is 11.1 Å². The Kier molecular flexibility index (Phi) is 5.49. The average molecular weight is 472 g/mol. The van der Waals surface area contributed by atoms with Gasteiger partial charge in [0, 0.05) is 38.3 Å². The van der Waals surface area contributed by atoms with Gasteiger partial charge < -0.3 is 25.6 Å². The summed E-state index contributed by atoms with van der Waals surface area (Å²) in [4.78, 5) is 27.3. The van der Waals surface area contributed by atoms with Crippen LogP contribution in [-0.2, 0) is 17.8 Å². The van der Waals surface area contributed by atoms with Gasteiger partial charge in [0.15, 0.2) is 11.1 Å². The highest BCUT2D eigenvalue weighted by Crippen LogP contribution is 2.33. The highest BCUT2D eigenvalue weighted by molar-refractivity contribution is 6.64. The molecule has 4 aliphatic rings. The van der Waals surface area contributed by atoms with Crippen molar-refractivity contribution >= 4 is 29.3 Å². The third-order valence-corrected chi connectivity index (χ3v) is 6.62. The molecule has 0 saturated carbocycles. The number of nitrogens with two attached hydrogens (primary N) is 1. The summed E-state index contributed by atoms with van der Waals surface area (Å²) in [6, 6.07) is 9.28. The molecular formula is C23H30ClN7O2. The molecule has 2 bridgehead atoms. The standard InChI is InChI=1S/C23H30ClN7O2/c1-23(2,3)33-22(32)31-12-16-8-17(31)11-29(16)9-14-4-6-15(7-5-14)10-30-13-26-18-19(25)27-21(24)28-20(18)30/h4-7,13,16-17,20H,8-12,25H2,1-3H3,(H,27,28)/t16-,17-,20?/m0/s1. The third-order valence-electron chi connectivity index (χ3n) is 6.43. The van der Waals surface area contributed by atoms with Crippen molar-refractivity contribution in [3.8, 4) is 0 Å². The Labute approximate surface area is 198 Å². The molecule has 0 radical (unpaired) electrons. The Morgan fingerprint density at radius 3 is 2.52 bits per heavy atom. The number of hydrogen-bond acceptors (Lipinski definition) is 8. The summed E-state index contributed by atoms with van der Waals surface area (Å²) >= 11 is 6.04. The lowest BCUT2D eigenvalue weighted by atomic mass is 10.1. The number of carbonyl (C=O) groups excluding carboxylic acids is 1. The highest BCUT2D eigenvalue weighted by Gasteiger charge is 2.46. The van der Waals surface area contributed by atoms with E-state index >= 15 is 0 Å². The monoisotopic (exact) mass is 471 g/mol.